The van der Waals surface area contributed by atoms with Crippen LogP contribution in [0.2, 0.25) is 0 Å². The normalized spacial score (nSPS) is 17.7. The maximum Gasteiger partial charge on any atom is 0.147 e. The molecule has 1 saturated carbocycles. The van der Waals surface area contributed by atoms with Gasteiger partial charge in [-0.2, -0.15) is 11.8 Å². The lowest BCUT2D eigenvalue weighted by Gasteiger charge is -2.27. The summed E-state index contributed by atoms with van der Waals surface area (Å²) in [7, 11) is 0. The third kappa shape index (κ3) is 3.28. The minimum Gasteiger partial charge on any atom is -0.369 e. The molecule has 2 rings (SSSR count). The Hall–Kier alpha value is -0.970. The Balaban J connectivity index is 1.94. The van der Waals surface area contributed by atoms with Crippen LogP contribution < -0.4 is 10.6 Å². The SMILES string of the molecule is CCNc1cncc(NCC2(SC)CCCC2)n1. The summed E-state index contributed by atoms with van der Waals surface area (Å²) in [5.74, 6) is 1.71. The first-order chi connectivity index (χ1) is 8.78. The van der Waals surface area contributed by atoms with Crippen LogP contribution in [0.5, 0.6) is 0 Å². The molecule has 0 unspecified atom stereocenters. The third-order valence-electron chi connectivity index (χ3n) is 3.53. The van der Waals surface area contributed by atoms with Gasteiger partial charge in [0.15, 0.2) is 0 Å². The van der Waals surface area contributed by atoms with E-state index in [-0.39, 0.29) is 0 Å². The minimum absolute atomic E-state index is 0.399. The zero-order valence-electron chi connectivity index (χ0n) is 11.2. The number of anilines is 2. The van der Waals surface area contributed by atoms with Crippen molar-refractivity contribution in [2.75, 3.05) is 30.0 Å². The van der Waals surface area contributed by atoms with Crippen molar-refractivity contribution in [1.82, 2.24) is 9.97 Å². The van der Waals surface area contributed by atoms with Crippen LogP contribution in [0, 0.1) is 0 Å². The lowest BCUT2D eigenvalue weighted by atomic mass is 10.1. The zero-order valence-corrected chi connectivity index (χ0v) is 12.0. The van der Waals surface area contributed by atoms with Crippen LogP contribution in [-0.4, -0.2) is 34.1 Å². The molecular formula is C13H22N4S. The molecule has 0 spiro atoms. The predicted octanol–water partition coefficient (Wildman–Crippen LogP) is 3.00. The summed E-state index contributed by atoms with van der Waals surface area (Å²) in [5, 5.41) is 6.62. The van der Waals surface area contributed by atoms with E-state index in [0.717, 1.165) is 24.7 Å². The fraction of sp³-hybridized carbons (Fsp3) is 0.692. The maximum atomic E-state index is 4.49. The second kappa shape index (κ2) is 6.27. The molecule has 0 saturated heterocycles. The highest BCUT2D eigenvalue weighted by molar-refractivity contribution is 8.00. The van der Waals surface area contributed by atoms with Gasteiger partial charge in [0.05, 0.1) is 12.4 Å². The molecule has 1 aliphatic carbocycles. The van der Waals surface area contributed by atoms with Crippen molar-refractivity contribution >= 4 is 23.4 Å². The first-order valence-electron chi connectivity index (χ1n) is 6.63. The van der Waals surface area contributed by atoms with Crippen molar-refractivity contribution in [3.63, 3.8) is 0 Å². The van der Waals surface area contributed by atoms with Crippen LogP contribution in [0.25, 0.3) is 0 Å². The number of hydrogen-bond donors (Lipinski definition) is 2. The summed E-state index contributed by atoms with van der Waals surface area (Å²) in [6.45, 7) is 3.91. The van der Waals surface area contributed by atoms with E-state index in [2.05, 4.69) is 33.8 Å². The van der Waals surface area contributed by atoms with Crippen molar-refractivity contribution in [3.05, 3.63) is 12.4 Å². The van der Waals surface area contributed by atoms with Crippen LogP contribution in [0.4, 0.5) is 11.6 Å². The van der Waals surface area contributed by atoms with Gasteiger partial charge in [0.1, 0.15) is 11.6 Å². The standard InChI is InChI=1S/C13H22N4S/c1-3-15-11-8-14-9-12(17-11)16-10-13(18-2)6-4-5-7-13/h8-9H,3-7,10H2,1-2H3,(H2,15,16,17). The fourth-order valence-corrected chi connectivity index (χ4v) is 3.35. The number of thioether (sulfide) groups is 1. The molecule has 0 bridgehead atoms. The predicted molar refractivity (Wildman–Crippen MR) is 79.4 cm³/mol. The smallest absolute Gasteiger partial charge is 0.147 e. The summed E-state index contributed by atoms with van der Waals surface area (Å²) >= 11 is 1.99. The monoisotopic (exact) mass is 266 g/mol. The zero-order chi connectivity index (χ0) is 12.8. The van der Waals surface area contributed by atoms with Gasteiger partial charge in [0.25, 0.3) is 0 Å². The lowest BCUT2D eigenvalue weighted by Crippen LogP contribution is -2.30. The van der Waals surface area contributed by atoms with E-state index in [1.54, 1.807) is 12.4 Å². The minimum atomic E-state index is 0.399. The summed E-state index contributed by atoms with van der Waals surface area (Å²) in [6.07, 6.45) is 11.1. The molecule has 0 radical (unpaired) electrons. The molecule has 0 atom stereocenters. The van der Waals surface area contributed by atoms with Gasteiger partial charge in [0, 0.05) is 17.8 Å². The maximum absolute atomic E-state index is 4.49. The largest absolute Gasteiger partial charge is 0.369 e. The van der Waals surface area contributed by atoms with Crippen molar-refractivity contribution in [3.8, 4) is 0 Å². The van der Waals surface area contributed by atoms with Gasteiger partial charge in [0.2, 0.25) is 0 Å². The van der Waals surface area contributed by atoms with Crippen LogP contribution in [0.3, 0.4) is 0 Å². The van der Waals surface area contributed by atoms with E-state index in [0.29, 0.717) is 4.75 Å². The van der Waals surface area contributed by atoms with Gasteiger partial charge < -0.3 is 10.6 Å². The summed E-state index contributed by atoms with van der Waals surface area (Å²) in [6, 6.07) is 0. The number of rotatable bonds is 6. The van der Waals surface area contributed by atoms with Crippen LogP contribution in [0.15, 0.2) is 12.4 Å². The molecule has 5 heteroatoms. The second-order valence-corrected chi connectivity index (χ2v) is 6.04. The van der Waals surface area contributed by atoms with Gasteiger partial charge in [-0.15, -0.1) is 0 Å². The second-order valence-electron chi connectivity index (χ2n) is 4.77. The third-order valence-corrected chi connectivity index (χ3v) is 4.95. The molecule has 1 heterocycles. The Labute approximate surface area is 113 Å². The molecule has 1 aromatic rings. The highest BCUT2D eigenvalue weighted by Crippen LogP contribution is 2.40. The van der Waals surface area contributed by atoms with Gasteiger partial charge in [-0.3, -0.25) is 4.98 Å². The molecule has 0 aliphatic heterocycles. The molecule has 18 heavy (non-hydrogen) atoms. The Bertz CT molecular complexity index is 377. The van der Waals surface area contributed by atoms with Crippen LogP contribution in [-0.2, 0) is 0 Å². The van der Waals surface area contributed by atoms with Gasteiger partial charge in [-0.1, -0.05) is 12.8 Å². The molecule has 4 nitrogen and oxygen atoms in total. The van der Waals surface area contributed by atoms with E-state index < -0.39 is 0 Å². The molecule has 1 aliphatic rings. The Morgan fingerprint density at radius 3 is 2.50 bits per heavy atom. The Morgan fingerprint density at radius 2 is 1.89 bits per heavy atom. The van der Waals surface area contributed by atoms with Crippen molar-refractivity contribution in [2.24, 2.45) is 0 Å². The number of aromatic nitrogens is 2. The Morgan fingerprint density at radius 1 is 1.22 bits per heavy atom. The molecule has 2 N–H and O–H groups in total. The topological polar surface area (TPSA) is 49.8 Å². The number of nitrogens with one attached hydrogen (secondary N) is 2. The van der Waals surface area contributed by atoms with Gasteiger partial charge >= 0.3 is 0 Å². The molecule has 1 fully saturated rings. The van der Waals surface area contributed by atoms with Crippen LogP contribution >= 0.6 is 11.8 Å². The molecule has 0 aromatic carbocycles. The number of hydrogen-bond acceptors (Lipinski definition) is 5. The average molecular weight is 266 g/mol. The van der Waals surface area contributed by atoms with E-state index >= 15 is 0 Å². The van der Waals surface area contributed by atoms with E-state index in [9.17, 15) is 0 Å². The molecule has 100 valence electrons. The van der Waals surface area contributed by atoms with Crippen molar-refractivity contribution in [1.29, 1.82) is 0 Å². The lowest BCUT2D eigenvalue weighted by molar-refractivity contribution is 0.638. The summed E-state index contributed by atoms with van der Waals surface area (Å²) in [5.41, 5.74) is 0. The molecule has 1 aromatic heterocycles. The molecule has 0 amide bonds. The summed E-state index contributed by atoms with van der Waals surface area (Å²) < 4.78 is 0.399. The Kier molecular flexibility index (Phi) is 4.69. The van der Waals surface area contributed by atoms with Crippen molar-refractivity contribution in [2.45, 2.75) is 37.4 Å². The first kappa shape index (κ1) is 13.5. The van der Waals surface area contributed by atoms with Crippen LogP contribution in [0.1, 0.15) is 32.6 Å². The van der Waals surface area contributed by atoms with E-state index in [1.807, 2.05) is 11.8 Å². The first-order valence-corrected chi connectivity index (χ1v) is 7.85. The summed E-state index contributed by atoms with van der Waals surface area (Å²) in [4.78, 5) is 8.70. The highest BCUT2D eigenvalue weighted by atomic mass is 32.2. The fourth-order valence-electron chi connectivity index (χ4n) is 2.44. The molecular weight excluding hydrogens is 244 g/mol. The highest BCUT2D eigenvalue weighted by Gasteiger charge is 2.32. The van der Waals surface area contributed by atoms with Crippen molar-refractivity contribution < 1.29 is 0 Å². The number of nitrogens with zero attached hydrogens (tertiary/aromatic N) is 2. The van der Waals surface area contributed by atoms with Gasteiger partial charge in [-0.05, 0) is 26.0 Å². The van der Waals surface area contributed by atoms with E-state index in [4.69, 9.17) is 0 Å². The average Bonchev–Trinajstić information content (AvgIpc) is 2.87. The van der Waals surface area contributed by atoms with E-state index in [1.165, 1.54) is 25.7 Å². The quantitative estimate of drug-likeness (QED) is 0.829. The van der Waals surface area contributed by atoms with Gasteiger partial charge in [-0.25, -0.2) is 4.98 Å².